The van der Waals surface area contributed by atoms with Crippen molar-refractivity contribution in [2.45, 2.75) is 19.1 Å². The second kappa shape index (κ2) is 8.02. The molecule has 7 heteroatoms. The number of halogens is 1. The van der Waals surface area contributed by atoms with Crippen LogP contribution >= 0.6 is 24.0 Å². The number of nitrogens with zero attached hydrogens (tertiary/aromatic N) is 2. The summed E-state index contributed by atoms with van der Waals surface area (Å²) in [6, 6.07) is 9.96. The van der Waals surface area contributed by atoms with Gasteiger partial charge < -0.3 is 19.9 Å². The largest absolute Gasteiger partial charge is 0.488 e. The van der Waals surface area contributed by atoms with E-state index in [0.29, 0.717) is 13.1 Å². The molecule has 0 saturated carbocycles. The van der Waals surface area contributed by atoms with Gasteiger partial charge in [0.25, 0.3) is 0 Å². The van der Waals surface area contributed by atoms with E-state index in [4.69, 9.17) is 9.26 Å². The van der Waals surface area contributed by atoms with E-state index < -0.39 is 0 Å². The number of ether oxygens (including phenoxy) is 1. The third-order valence-electron chi connectivity index (χ3n) is 3.36. The highest BCUT2D eigenvalue weighted by atomic mass is 127. The zero-order valence-electron chi connectivity index (χ0n) is 12.3. The van der Waals surface area contributed by atoms with Crippen molar-refractivity contribution >= 4 is 29.9 Å². The molecule has 0 saturated heterocycles. The first-order valence-electron chi connectivity index (χ1n) is 6.93. The lowest BCUT2D eigenvalue weighted by molar-refractivity contribution is 0.235. The first kappa shape index (κ1) is 16.6. The van der Waals surface area contributed by atoms with Gasteiger partial charge in [-0.2, -0.15) is 0 Å². The van der Waals surface area contributed by atoms with Crippen LogP contribution in [0.15, 0.2) is 46.1 Å². The molecule has 0 amide bonds. The number of aromatic nitrogens is 1. The molecular formula is C15H19IN4O2. The third kappa shape index (κ3) is 4.12. The Morgan fingerprint density at radius 3 is 2.91 bits per heavy atom. The van der Waals surface area contributed by atoms with Crippen LogP contribution in [-0.2, 0) is 13.0 Å². The summed E-state index contributed by atoms with van der Waals surface area (Å²) in [6.45, 7) is 1.27. The maximum atomic E-state index is 5.88. The number of guanidine groups is 1. The smallest absolute Gasteiger partial charge is 0.191 e. The molecule has 0 fully saturated rings. The summed E-state index contributed by atoms with van der Waals surface area (Å²) in [5, 5.41) is 10.3. The SMILES string of the molecule is CN=C(NCc1ccon1)NCC1Cc2ccccc2O1.I. The van der Waals surface area contributed by atoms with E-state index in [-0.39, 0.29) is 30.1 Å². The van der Waals surface area contributed by atoms with Crippen LogP contribution < -0.4 is 15.4 Å². The molecule has 1 aliphatic rings. The number of hydrogen-bond acceptors (Lipinski definition) is 4. The molecule has 1 aliphatic heterocycles. The van der Waals surface area contributed by atoms with Crippen LogP contribution in [0.3, 0.4) is 0 Å². The molecule has 1 aromatic carbocycles. The van der Waals surface area contributed by atoms with Crippen molar-refractivity contribution in [1.29, 1.82) is 0 Å². The summed E-state index contributed by atoms with van der Waals surface area (Å²) in [7, 11) is 1.74. The maximum Gasteiger partial charge on any atom is 0.191 e. The van der Waals surface area contributed by atoms with Gasteiger partial charge in [0.2, 0.25) is 0 Å². The lowest BCUT2D eigenvalue weighted by Crippen LogP contribution is -2.42. The molecule has 22 heavy (non-hydrogen) atoms. The Morgan fingerprint density at radius 2 is 2.18 bits per heavy atom. The van der Waals surface area contributed by atoms with Gasteiger partial charge in [0, 0.05) is 19.5 Å². The van der Waals surface area contributed by atoms with Crippen molar-refractivity contribution < 1.29 is 9.26 Å². The van der Waals surface area contributed by atoms with E-state index in [1.54, 1.807) is 13.3 Å². The van der Waals surface area contributed by atoms with Crippen LogP contribution in [0.4, 0.5) is 0 Å². The molecule has 0 bridgehead atoms. The van der Waals surface area contributed by atoms with Gasteiger partial charge in [-0.05, 0) is 11.6 Å². The van der Waals surface area contributed by atoms with Crippen molar-refractivity contribution in [2.75, 3.05) is 13.6 Å². The van der Waals surface area contributed by atoms with Crippen molar-refractivity contribution in [3.63, 3.8) is 0 Å². The van der Waals surface area contributed by atoms with E-state index in [1.807, 2.05) is 24.3 Å². The second-order valence-corrected chi connectivity index (χ2v) is 4.85. The fourth-order valence-corrected chi connectivity index (χ4v) is 2.30. The summed E-state index contributed by atoms with van der Waals surface area (Å²) in [4.78, 5) is 4.18. The van der Waals surface area contributed by atoms with Crippen molar-refractivity contribution in [3.05, 3.63) is 47.9 Å². The Kier molecular flexibility index (Phi) is 6.05. The molecule has 1 unspecified atom stereocenters. The quantitative estimate of drug-likeness (QED) is 0.455. The minimum Gasteiger partial charge on any atom is -0.488 e. The number of rotatable bonds is 4. The molecule has 1 aromatic heterocycles. The van der Waals surface area contributed by atoms with Gasteiger partial charge in [-0.25, -0.2) is 0 Å². The highest BCUT2D eigenvalue weighted by molar-refractivity contribution is 14.0. The molecule has 0 spiro atoms. The van der Waals surface area contributed by atoms with Gasteiger partial charge in [-0.15, -0.1) is 24.0 Å². The van der Waals surface area contributed by atoms with Crippen LogP contribution in [0.5, 0.6) is 5.75 Å². The first-order chi connectivity index (χ1) is 10.3. The standard InChI is InChI=1S/C15H18N4O2.HI/c1-16-15(17-9-12-6-7-20-19-12)18-10-13-8-11-4-2-3-5-14(11)21-13;/h2-7,13H,8-10H2,1H3,(H2,16,17,18);1H. The van der Waals surface area contributed by atoms with Crippen LogP contribution in [0.25, 0.3) is 0 Å². The minimum absolute atomic E-state index is 0. The Hall–Kier alpha value is -1.77. The van der Waals surface area contributed by atoms with Crippen LogP contribution in [0.1, 0.15) is 11.3 Å². The zero-order chi connectivity index (χ0) is 14.5. The van der Waals surface area contributed by atoms with Gasteiger partial charge in [0.05, 0.1) is 13.1 Å². The molecule has 3 rings (SSSR count). The summed E-state index contributed by atoms with van der Waals surface area (Å²) in [5.41, 5.74) is 2.09. The minimum atomic E-state index is 0. The van der Waals surface area contributed by atoms with Crippen molar-refractivity contribution in [2.24, 2.45) is 4.99 Å². The molecule has 1 atom stereocenters. The highest BCUT2D eigenvalue weighted by Crippen LogP contribution is 2.27. The predicted octanol–water partition coefficient (Wildman–Crippen LogP) is 1.96. The molecule has 6 nitrogen and oxygen atoms in total. The molecule has 2 heterocycles. The van der Waals surface area contributed by atoms with E-state index in [9.17, 15) is 0 Å². The summed E-state index contributed by atoms with van der Waals surface area (Å²) in [6.07, 6.45) is 2.60. The Labute approximate surface area is 146 Å². The Balaban J connectivity index is 0.00000176. The number of fused-ring (bicyclic) bond motifs is 1. The predicted molar refractivity (Wildman–Crippen MR) is 94.7 cm³/mol. The topological polar surface area (TPSA) is 71.7 Å². The molecule has 0 aliphatic carbocycles. The molecule has 118 valence electrons. The van der Waals surface area contributed by atoms with Crippen molar-refractivity contribution in [1.82, 2.24) is 15.8 Å². The fourth-order valence-electron chi connectivity index (χ4n) is 2.30. The number of aliphatic imine (C=N–C) groups is 1. The van der Waals surface area contributed by atoms with Gasteiger partial charge in [-0.1, -0.05) is 23.4 Å². The van der Waals surface area contributed by atoms with Crippen LogP contribution in [0, 0.1) is 0 Å². The fraction of sp³-hybridized carbons (Fsp3) is 0.333. The van der Waals surface area contributed by atoms with E-state index in [2.05, 4.69) is 26.8 Å². The lowest BCUT2D eigenvalue weighted by atomic mass is 10.1. The summed E-state index contributed by atoms with van der Waals surface area (Å²) >= 11 is 0. The van der Waals surface area contributed by atoms with Gasteiger partial charge in [0.1, 0.15) is 23.8 Å². The molecular weight excluding hydrogens is 395 g/mol. The number of hydrogen-bond donors (Lipinski definition) is 2. The Morgan fingerprint density at radius 1 is 1.32 bits per heavy atom. The van der Waals surface area contributed by atoms with E-state index in [1.165, 1.54) is 5.56 Å². The monoisotopic (exact) mass is 414 g/mol. The summed E-state index contributed by atoms with van der Waals surface area (Å²) < 4.78 is 10.7. The molecule has 0 radical (unpaired) electrons. The summed E-state index contributed by atoms with van der Waals surface area (Å²) in [5.74, 6) is 1.70. The maximum absolute atomic E-state index is 5.88. The number of para-hydroxylation sites is 1. The molecule has 2 N–H and O–H groups in total. The van der Waals surface area contributed by atoms with Crippen LogP contribution in [0.2, 0.25) is 0 Å². The second-order valence-electron chi connectivity index (χ2n) is 4.85. The molecule has 2 aromatic rings. The Bertz CT molecular complexity index is 591. The third-order valence-corrected chi connectivity index (χ3v) is 3.36. The van der Waals surface area contributed by atoms with Gasteiger partial charge in [0.15, 0.2) is 5.96 Å². The van der Waals surface area contributed by atoms with Gasteiger partial charge in [-0.3, -0.25) is 4.99 Å². The number of benzene rings is 1. The van der Waals surface area contributed by atoms with Crippen LogP contribution in [-0.4, -0.2) is 30.8 Å². The highest BCUT2D eigenvalue weighted by Gasteiger charge is 2.22. The average Bonchev–Trinajstić information content (AvgIpc) is 3.16. The normalized spacial score (nSPS) is 16.4. The first-order valence-corrected chi connectivity index (χ1v) is 6.93. The number of nitrogens with one attached hydrogen (secondary N) is 2. The zero-order valence-corrected chi connectivity index (χ0v) is 14.6. The lowest BCUT2D eigenvalue weighted by Gasteiger charge is -2.15. The van der Waals surface area contributed by atoms with E-state index >= 15 is 0 Å². The average molecular weight is 414 g/mol. The van der Waals surface area contributed by atoms with E-state index in [0.717, 1.165) is 23.8 Å². The van der Waals surface area contributed by atoms with Crippen molar-refractivity contribution in [3.8, 4) is 5.75 Å². The van der Waals surface area contributed by atoms with Gasteiger partial charge >= 0.3 is 0 Å².